The summed E-state index contributed by atoms with van der Waals surface area (Å²) < 4.78 is 1.98. The topological polar surface area (TPSA) is 63.1 Å². The molecule has 1 fully saturated rings. The van der Waals surface area contributed by atoms with Gasteiger partial charge in [-0.2, -0.15) is 0 Å². The Kier molecular flexibility index (Phi) is 4.31. The summed E-state index contributed by atoms with van der Waals surface area (Å²) in [4.78, 5) is 23.1. The summed E-state index contributed by atoms with van der Waals surface area (Å²) in [5.41, 5.74) is 2.80. The van der Waals surface area contributed by atoms with Crippen LogP contribution in [0.4, 0.5) is 0 Å². The Morgan fingerprint density at radius 1 is 1.52 bits per heavy atom. The van der Waals surface area contributed by atoms with Crippen molar-refractivity contribution in [3.63, 3.8) is 0 Å². The number of amides is 1. The predicted molar refractivity (Wildman–Crippen MR) is 81.0 cm³/mol. The first kappa shape index (κ1) is 14.2. The third-order valence-electron chi connectivity index (χ3n) is 3.80. The molecule has 1 amide bonds. The van der Waals surface area contributed by atoms with E-state index in [2.05, 4.69) is 15.3 Å². The zero-order valence-electron chi connectivity index (χ0n) is 12.0. The molecular formula is C14H19N5OS. The molecule has 2 aromatic heterocycles. The van der Waals surface area contributed by atoms with Crippen LogP contribution in [0.1, 0.15) is 24.0 Å². The summed E-state index contributed by atoms with van der Waals surface area (Å²) in [6.45, 7) is 2.32. The number of imidazole rings is 1. The van der Waals surface area contributed by atoms with Crippen LogP contribution in [0.15, 0.2) is 23.3 Å². The van der Waals surface area contributed by atoms with E-state index in [0.717, 1.165) is 31.2 Å². The van der Waals surface area contributed by atoms with Crippen molar-refractivity contribution in [3.8, 4) is 0 Å². The zero-order chi connectivity index (χ0) is 14.7. The van der Waals surface area contributed by atoms with Crippen LogP contribution in [-0.4, -0.2) is 45.0 Å². The van der Waals surface area contributed by atoms with Crippen molar-refractivity contribution in [1.29, 1.82) is 0 Å². The Morgan fingerprint density at radius 3 is 3.14 bits per heavy atom. The van der Waals surface area contributed by atoms with Crippen LogP contribution in [0.5, 0.6) is 0 Å². The molecule has 1 saturated heterocycles. The number of hydrogen-bond acceptors (Lipinski definition) is 5. The lowest BCUT2D eigenvalue weighted by atomic mass is 10.1. The van der Waals surface area contributed by atoms with Crippen LogP contribution < -0.4 is 5.32 Å². The Labute approximate surface area is 127 Å². The molecule has 0 bridgehead atoms. The molecule has 21 heavy (non-hydrogen) atoms. The first-order chi connectivity index (χ1) is 10.3. The lowest BCUT2D eigenvalue weighted by Crippen LogP contribution is -2.49. The van der Waals surface area contributed by atoms with Gasteiger partial charge in [0, 0.05) is 50.9 Å². The summed E-state index contributed by atoms with van der Waals surface area (Å²) in [5, 5.41) is 5.35. The number of rotatable bonds is 4. The SMILES string of the molecule is Cn1ccnc1C1CNCCN1C(=O)CCc1cscn1. The molecule has 0 radical (unpaired) electrons. The van der Waals surface area contributed by atoms with Gasteiger partial charge in [-0.1, -0.05) is 0 Å². The summed E-state index contributed by atoms with van der Waals surface area (Å²) in [6.07, 6.45) is 4.91. The molecule has 1 N–H and O–H groups in total. The highest BCUT2D eigenvalue weighted by molar-refractivity contribution is 7.07. The highest BCUT2D eigenvalue weighted by atomic mass is 32.1. The van der Waals surface area contributed by atoms with E-state index >= 15 is 0 Å². The number of aromatic nitrogens is 3. The quantitative estimate of drug-likeness (QED) is 0.915. The summed E-state index contributed by atoms with van der Waals surface area (Å²) >= 11 is 1.57. The van der Waals surface area contributed by atoms with Gasteiger partial charge in [0.25, 0.3) is 0 Å². The maximum Gasteiger partial charge on any atom is 0.223 e. The Hall–Kier alpha value is -1.73. The van der Waals surface area contributed by atoms with Crippen LogP contribution in [-0.2, 0) is 18.3 Å². The molecule has 1 aliphatic rings. The van der Waals surface area contributed by atoms with E-state index < -0.39 is 0 Å². The third-order valence-corrected chi connectivity index (χ3v) is 4.43. The molecule has 0 aliphatic carbocycles. The van der Waals surface area contributed by atoms with Gasteiger partial charge in [-0.05, 0) is 6.42 Å². The molecule has 112 valence electrons. The summed E-state index contributed by atoms with van der Waals surface area (Å²) in [7, 11) is 1.97. The van der Waals surface area contributed by atoms with Crippen LogP contribution in [0.2, 0.25) is 0 Å². The standard InChI is InChI=1S/C14H19N5OS/c1-18-6-5-16-14(18)12-8-15-4-7-19(12)13(20)3-2-11-9-21-10-17-11/h5-6,9-10,12,15H,2-4,7-8H2,1H3. The minimum absolute atomic E-state index is 0.0154. The van der Waals surface area contributed by atoms with Crippen LogP contribution in [0.3, 0.4) is 0 Å². The highest BCUT2D eigenvalue weighted by Crippen LogP contribution is 2.21. The number of nitrogens with one attached hydrogen (secondary N) is 1. The fourth-order valence-corrected chi connectivity index (χ4v) is 3.26. The molecule has 7 heteroatoms. The Balaban J connectivity index is 1.69. The van der Waals surface area contributed by atoms with Crippen molar-refractivity contribution in [3.05, 3.63) is 34.8 Å². The van der Waals surface area contributed by atoms with Gasteiger partial charge in [0.1, 0.15) is 11.9 Å². The lowest BCUT2D eigenvalue weighted by molar-refractivity contribution is -0.134. The highest BCUT2D eigenvalue weighted by Gasteiger charge is 2.29. The predicted octanol–water partition coefficient (Wildman–Crippen LogP) is 0.982. The maximum absolute atomic E-state index is 12.5. The number of aryl methyl sites for hydroxylation is 2. The number of carbonyl (C=O) groups excluding carboxylic acids is 1. The van der Waals surface area contributed by atoms with E-state index in [1.807, 2.05) is 28.1 Å². The monoisotopic (exact) mass is 305 g/mol. The molecule has 3 rings (SSSR count). The van der Waals surface area contributed by atoms with Gasteiger partial charge >= 0.3 is 0 Å². The largest absolute Gasteiger partial charge is 0.336 e. The van der Waals surface area contributed by atoms with Gasteiger partial charge in [0.05, 0.1) is 11.2 Å². The number of piperazine rings is 1. The van der Waals surface area contributed by atoms with E-state index in [9.17, 15) is 4.79 Å². The molecular weight excluding hydrogens is 286 g/mol. The fourth-order valence-electron chi connectivity index (χ4n) is 2.67. The lowest BCUT2D eigenvalue weighted by Gasteiger charge is -2.35. The maximum atomic E-state index is 12.5. The minimum atomic E-state index is 0.0154. The molecule has 1 unspecified atom stereocenters. The molecule has 1 atom stereocenters. The first-order valence-corrected chi connectivity index (χ1v) is 8.04. The minimum Gasteiger partial charge on any atom is -0.336 e. The van der Waals surface area contributed by atoms with Gasteiger partial charge in [-0.15, -0.1) is 11.3 Å². The second kappa shape index (κ2) is 6.36. The van der Waals surface area contributed by atoms with Gasteiger partial charge in [-0.25, -0.2) is 9.97 Å². The van der Waals surface area contributed by atoms with Gasteiger partial charge < -0.3 is 14.8 Å². The Bertz CT molecular complexity index is 594. The number of thiazole rings is 1. The number of hydrogen-bond donors (Lipinski definition) is 1. The molecule has 2 aromatic rings. The van der Waals surface area contributed by atoms with Crippen LogP contribution in [0.25, 0.3) is 0 Å². The van der Waals surface area contributed by atoms with Crippen LogP contribution >= 0.6 is 11.3 Å². The molecule has 3 heterocycles. The van der Waals surface area contributed by atoms with E-state index in [0.29, 0.717) is 12.8 Å². The van der Waals surface area contributed by atoms with Crippen molar-refractivity contribution in [1.82, 2.24) is 24.8 Å². The van der Waals surface area contributed by atoms with Crippen LogP contribution in [0, 0.1) is 0 Å². The molecule has 0 aromatic carbocycles. The van der Waals surface area contributed by atoms with Gasteiger partial charge in [0.15, 0.2) is 0 Å². The second-order valence-corrected chi connectivity index (χ2v) is 5.90. The molecule has 0 saturated carbocycles. The molecule has 0 spiro atoms. The van der Waals surface area contributed by atoms with Gasteiger partial charge in [0.2, 0.25) is 5.91 Å². The molecule has 6 nitrogen and oxygen atoms in total. The number of nitrogens with zero attached hydrogens (tertiary/aromatic N) is 4. The van der Waals surface area contributed by atoms with E-state index in [-0.39, 0.29) is 11.9 Å². The van der Waals surface area contributed by atoms with Gasteiger partial charge in [-0.3, -0.25) is 4.79 Å². The van der Waals surface area contributed by atoms with E-state index in [4.69, 9.17) is 0 Å². The van der Waals surface area contributed by atoms with Crippen molar-refractivity contribution >= 4 is 17.2 Å². The Morgan fingerprint density at radius 2 is 2.43 bits per heavy atom. The van der Waals surface area contributed by atoms with Crippen molar-refractivity contribution in [2.45, 2.75) is 18.9 Å². The van der Waals surface area contributed by atoms with E-state index in [1.54, 1.807) is 23.0 Å². The fraction of sp³-hybridized carbons (Fsp3) is 0.500. The summed E-state index contributed by atoms with van der Waals surface area (Å²) in [5.74, 6) is 1.11. The summed E-state index contributed by atoms with van der Waals surface area (Å²) in [6, 6.07) is 0.0154. The number of carbonyl (C=O) groups is 1. The van der Waals surface area contributed by atoms with E-state index in [1.165, 1.54) is 0 Å². The smallest absolute Gasteiger partial charge is 0.223 e. The van der Waals surface area contributed by atoms with Crippen molar-refractivity contribution in [2.24, 2.45) is 7.05 Å². The average molecular weight is 305 g/mol. The third kappa shape index (κ3) is 3.14. The first-order valence-electron chi connectivity index (χ1n) is 7.10. The molecule has 1 aliphatic heterocycles. The second-order valence-electron chi connectivity index (χ2n) is 5.18. The van der Waals surface area contributed by atoms with Crippen molar-refractivity contribution in [2.75, 3.05) is 19.6 Å². The average Bonchev–Trinajstić information content (AvgIpc) is 3.16. The van der Waals surface area contributed by atoms with Crippen molar-refractivity contribution < 1.29 is 4.79 Å². The normalized spacial score (nSPS) is 18.9. The zero-order valence-corrected chi connectivity index (χ0v) is 12.8.